The summed E-state index contributed by atoms with van der Waals surface area (Å²) >= 11 is 0. The summed E-state index contributed by atoms with van der Waals surface area (Å²) in [6.45, 7) is 16.1. The molecular weight excluding hydrogens is 184 g/mol. The van der Waals surface area contributed by atoms with Crippen LogP contribution in [0.25, 0.3) is 0 Å². The fourth-order valence-corrected chi connectivity index (χ4v) is 1.98. The second kappa shape index (κ2) is 9.17. The first-order valence-electron chi connectivity index (χ1n) is 6.61. The molecule has 0 radical (unpaired) electrons. The van der Waals surface area contributed by atoms with Crippen molar-refractivity contribution in [2.24, 2.45) is 5.92 Å². The van der Waals surface area contributed by atoms with E-state index in [9.17, 15) is 0 Å². The fraction of sp³-hybridized carbons (Fsp3) is 1.00. The van der Waals surface area contributed by atoms with Gasteiger partial charge in [0, 0.05) is 6.04 Å². The molecule has 0 aromatic carbocycles. The van der Waals surface area contributed by atoms with Crippen molar-refractivity contribution in [3.05, 3.63) is 0 Å². The van der Waals surface area contributed by atoms with E-state index in [0.29, 0.717) is 6.04 Å². The highest BCUT2D eigenvalue weighted by Crippen LogP contribution is 2.04. The van der Waals surface area contributed by atoms with Gasteiger partial charge in [-0.2, -0.15) is 0 Å². The average Bonchev–Trinajstić information content (AvgIpc) is 2.23. The Morgan fingerprint density at radius 1 is 1.07 bits per heavy atom. The molecule has 0 bridgehead atoms. The first kappa shape index (κ1) is 14.9. The number of hydrogen-bond donors (Lipinski definition) is 1. The molecular formula is C13H30N2. The molecule has 15 heavy (non-hydrogen) atoms. The van der Waals surface area contributed by atoms with Crippen molar-refractivity contribution in [3.8, 4) is 0 Å². The third-order valence-electron chi connectivity index (χ3n) is 3.20. The van der Waals surface area contributed by atoms with Crippen LogP contribution in [0.1, 0.15) is 47.5 Å². The van der Waals surface area contributed by atoms with Gasteiger partial charge in [0.1, 0.15) is 0 Å². The van der Waals surface area contributed by atoms with Crippen molar-refractivity contribution in [2.75, 3.05) is 26.2 Å². The molecule has 0 amide bonds. The Kier molecular flexibility index (Phi) is 9.12. The molecule has 0 fully saturated rings. The second-order valence-corrected chi connectivity index (χ2v) is 4.59. The van der Waals surface area contributed by atoms with Crippen LogP contribution in [0, 0.1) is 5.92 Å². The maximum atomic E-state index is 3.65. The molecule has 0 heterocycles. The summed E-state index contributed by atoms with van der Waals surface area (Å²) in [4.78, 5) is 2.48. The van der Waals surface area contributed by atoms with Crippen molar-refractivity contribution in [1.82, 2.24) is 10.2 Å². The first-order chi connectivity index (χ1) is 7.15. The molecule has 0 aliphatic carbocycles. The number of rotatable bonds is 9. The van der Waals surface area contributed by atoms with E-state index < -0.39 is 0 Å². The van der Waals surface area contributed by atoms with Gasteiger partial charge in [-0.25, -0.2) is 0 Å². The van der Waals surface area contributed by atoms with Gasteiger partial charge in [0.25, 0.3) is 0 Å². The molecule has 1 N–H and O–H groups in total. The van der Waals surface area contributed by atoms with E-state index in [1.807, 2.05) is 0 Å². The monoisotopic (exact) mass is 214 g/mol. The van der Waals surface area contributed by atoms with Crippen LogP contribution in [-0.4, -0.2) is 37.1 Å². The van der Waals surface area contributed by atoms with Gasteiger partial charge in [-0.1, -0.05) is 34.6 Å². The van der Waals surface area contributed by atoms with Gasteiger partial charge in [0.2, 0.25) is 0 Å². The Labute approximate surface area is 96.4 Å². The molecule has 2 heteroatoms. The molecule has 0 aliphatic rings. The zero-order valence-corrected chi connectivity index (χ0v) is 11.3. The second-order valence-electron chi connectivity index (χ2n) is 4.59. The van der Waals surface area contributed by atoms with Crippen LogP contribution in [0.2, 0.25) is 0 Å². The maximum absolute atomic E-state index is 3.65. The van der Waals surface area contributed by atoms with Gasteiger partial charge < -0.3 is 10.2 Å². The van der Waals surface area contributed by atoms with Crippen molar-refractivity contribution in [1.29, 1.82) is 0 Å². The summed E-state index contributed by atoms with van der Waals surface area (Å²) < 4.78 is 0. The molecule has 1 unspecified atom stereocenters. The fourth-order valence-electron chi connectivity index (χ4n) is 1.98. The van der Waals surface area contributed by atoms with Crippen LogP contribution in [0.4, 0.5) is 0 Å². The summed E-state index contributed by atoms with van der Waals surface area (Å²) in [6.07, 6.45) is 2.51. The highest BCUT2D eigenvalue weighted by atomic mass is 15.1. The molecule has 0 aromatic heterocycles. The Balaban J connectivity index is 3.51. The van der Waals surface area contributed by atoms with Crippen LogP contribution >= 0.6 is 0 Å². The van der Waals surface area contributed by atoms with Crippen molar-refractivity contribution >= 4 is 0 Å². The van der Waals surface area contributed by atoms with Crippen LogP contribution in [0.5, 0.6) is 0 Å². The van der Waals surface area contributed by atoms with Crippen molar-refractivity contribution in [2.45, 2.75) is 53.5 Å². The van der Waals surface area contributed by atoms with Crippen LogP contribution < -0.4 is 5.32 Å². The molecule has 92 valence electrons. The van der Waals surface area contributed by atoms with Gasteiger partial charge in [0.15, 0.2) is 0 Å². The lowest BCUT2D eigenvalue weighted by atomic mass is 10.0. The summed E-state index contributed by atoms with van der Waals surface area (Å²) in [5.74, 6) is 0.753. The average molecular weight is 214 g/mol. The van der Waals surface area contributed by atoms with Crippen LogP contribution in [-0.2, 0) is 0 Å². The standard InChI is InChI=1S/C13H30N2/c1-6-13(12(4)5)14-10-9-11-15(7-2)8-3/h12-14H,6-11H2,1-5H3. The number of nitrogens with zero attached hydrogens (tertiary/aromatic N) is 1. The minimum atomic E-state index is 0.696. The Hall–Kier alpha value is -0.0800. The Morgan fingerprint density at radius 3 is 2.07 bits per heavy atom. The predicted molar refractivity (Wildman–Crippen MR) is 69.3 cm³/mol. The molecule has 0 saturated heterocycles. The van der Waals surface area contributed by atoms with Gasteiger partial charge in [0.05, 0.1) is 0 Å². The summed E-state index contributed by atoms with van der Waals surface area (Å²) in [7, 11) is 0. The third kappa shape index (κ3) is 6.91. The number of nitrogens with one attached hydrogen (secondary N) is 1. The third-order valence-corrected chi connectivity index (χ3v) is 3.20. The quantitative estimate of drug-likeness (QED) is 0.594. The Bertz CT molecular complexity index is 130. The zero-order valence-electron chi connectivity index (χ0n) is 11.3. The van der Waals surface area contributed by atoms with E-state index in [1.165, 1.54) is 32.5 Å². The number of hydrogen-bond acceptors (Lipinski definition) is 2. The van der Waals surface area contributed by atoms with E-state index in [4.69, 9.17) is 0 Å². The minimum absolute atomic E-state index is 0.696. The summed E-state index contributed by atoms with van der Waals surface area (Å²) in [5.41, 5.74) is 0. The summed E-state index contributed by atoms with van der Waals surface area (Å²) in [6, 6.07) is 0.696. The predicted octanol–water partition coefficient (Wildman–Crippen LogP) is 2.74. The van der Waals surface area contributed by atoms with Crippen molar-refractivity contribution < 1.29 is 0 Å². The van der Waals surface area contributed by atoms with E-state index >= 15 is 0 Å². The normalized spacial score (nSPS) is 13.8. The van der Waals surface area contributed by atoms with Gasteiger partial charge >= 0.3 is 0 Å². The largest absolute Gasteiger partial charge is 0.314 e. The molecule has 0 saturated carbocycles. The van der Waals surface area contributed by atoms with Crippen LogP contribution in [0.15, 0.2) is 0 Å². The highest BCUT2D eigenvalue weighted by molar-refractivity contribution is 4.68. The van der Waals surface area contributed by atoms with Crippen LogP contribution in [0.3, 0.4) is 0 Å². The lowest BCUT2D eigenvalue weighted by Gasteiger charge is -2.22. The molecule has 2 nitrogen and oxygen atoms in total. The lowest BCUT2D eigenvalue weighted by molar-refractivity contribution is 0.290. The SMILES string of the molecule is CCC(NCCCN(CC)CC)C(C)C. The van der Waals surface area contributed by atoms with E-state index in [-0.39, 0.29) is 0 Å². The maximum Gasteiger partial charge on any atom is 0.00874 e. The Morgan fingerprint density at radius 2 is 1.67 bits per heavy atom. The van der Waals surface area contributed by atoms with E-state index in [1.54, 1.807) is 0 Å². The lowest BCUT2D eigenvalue weighted by Crippen LogP contribution is -2.35. The van der Waals surface area contributed by atoms with Gasteiger partial charge in [-0.3, -0.25) is 0 Å². The van der Waals surface area contributed by atoms with E-state index in [0.717, 1.165) is 12.5 Å². The molecule has 0 spiro atoms. The van der Waals surface area contributed by atoms with Crippen molar-refractivity contribution in [3.63, 3.8) is 0 Å². The topological polar surface area (TPSA) is 15.3 Å². The zero-order chi connectivity index (χ0) is 11.7. The highest BCUT2D eigenvalue weighted by Gasteiger charge is 2.09. The molecule has 0 rings (SSSR count). The molecule has 1 atom stereocenters. The first-order valence-corrected chi connectivity index (χ1v) is 6.61. The smallest absolute Gasteiger partial charge is 0.00874 e. The van der Waals surface area contributed by atoms with Gasteiger partial charge in [-0.15, -0.1) is 0 Å². The summed E-state index contributed by atoms with van der Waals surface area (Å²) in [5, 5.41) is 3.65. The van der Waals surface area contributed by atoms with Gasteiger partial charge in [-0.05, 0) is 44.9 Å². The van der Waals surface area contributed by atoms with E-state index in [2.05, 4.69) is 44.8 Å². The minimum Gasteiger partial charge on any atom is -0.314 e. The molecule has 0 aromatic rings. The molecule has 0 aliphatic heterocycles.